The Labute approximate surface area is 261 Å². The summed E-state index contributed by atoms with van der Waals surface area (Å²) < 4.78 is 29.6. The molecule has 246 valence electrons. The van der Waals surface area contributed by atoms with Gasteiger partial charge in [-0.15, -0.1) is 0 Å². The average molecular weight is 631 g/mol. The molecule has 5 rings (SSSR count). The molecule has 0 aromatic heterocycles. The van der Waals surface area contributed by atoms with Gasteiger partial charge < -0.3 is 39.0 Å². The first-order chi connectivity index (χ1) is 20.9. The SMILES string of the molecule is CC(=O)O[C@H]1C[C@@]2(O)[C@H](OC(=O)c3ccccc3)[C@@H]3[C@]4(OC(C)=O)CO[C@@H]4C[C@H](O)[C@@]3(C)[C@@H](O)[C@H](OC(C)=O)C(=C1C)C2(C)C. The molecule has 3 fully saturated rings. The molecule has 1 aromatic carbocycles. The first-order valence-electron chi connectivity index (χ1n) is 15.1. The maximum atomic E-state index is 13.9. The third-order valence-corrected chi connectivity index (χ3v) is 10.7. The van der Waals surface area contributed by atoms with Crippen LogP contribution >= 0.6 is 0 Å². The van der Waals surface area contributed by atoms with E-state index in [2.05, 4.69) is 0 Å². The molecule has 2 bridgehead atoms. The maximum absolute atomic E-state index is 13.9. The van der Waals surface area contributed by atoms with E-state index in [1.54, 1.807) is 45.9 Å². The Morgan fingerprint density at radius 1 is 0.911 bits per heavy atom. The van der Waals surface area contributed by atoms with E-state index in [-0.39, 0.29) is 30.6 Å². The second-order valence-corrected chi connectivity index (χ2v) is 13.6. The normalized spacial score (nSPS) is 39.9. The number of aliphatic hydroxyl groups excluding tert-OH is 2. The van der Waals surface area contributed by atoms with Gasteiger partial charge in [-0.25, -0.2) is 4.79 Å². The Morgan fingerprint density at radius 3 is 2.07 bits per heavy atom. The monoisotopic (exact) mass is 630 g/mol. The Morgan fingerprint density at radius 2 is 1.53 bits per heavy atom. The quantitative estimate of drug-likeness (QED) is 0.246. The van der Waals surface area contributed by atoms with Crippen LogP contribution in [0.25, 0.3) is 0 Å². The van der Waals surface area contributed by atoms with Crippen LogP contribution < -0.4 is 0 Å². The van der Waals surface area contributed by atoms with Crippen LogP contribution in [0.3, 0.4) is 0 Å². The molecule has 45 heavy (non-hydrogen) atoms. The van der Waals surface area contributed by atoms with Gasteiger partial charge in [0.1, 0.15) is 30.0 Å². The van der Waals surface area contributed by atoms with Crippen molar-refractivity contribution >= 4 is 23.9 Å². The van der Waals surface area contributed by atoms with Crippen LogP contribution in [0.5, 0.6) is 0 Å². The van der Waals surface area contributed by atoms with Crippen LogP contribution in [0, 0.1) is 16.7 Å². The van der Waals surface area contributed by atoms with Crippen LogP contribution in [0.1, 0.15) is 71.7 Å². The van der Waals surface area contributed by atoms with Gasteiger partial charge in [-0.05, 0) is 30.2 Å². The molecule has 2 saturated carbocycles. The third kappa shape index (κ3) is 4.88. The molecule has 1 saturated heterocycles. The Hall–Kier alpha value is -3.32. The van der Waals surface area contributed by atoms with Gasteiger partial charge >= 0.3 is 23.9 Å². The molecule has 1 aromatic rings. The molecule has 10 atom stereocenters. The second kappa shape index (κ2) is 11.2. The minimum absolute atomic E-state index is 0.0700. The molecule has 0 spiro atoms. The minimum Gasteiger partial charge on any atom is -0.458 e. The van der Waals surface area contributed by atoms with Gasteiger partial charge in [-0.2, -0.15) is 0 Å². The lowest BCUT2D eigenvalue weighted by molar-refractivity contribution is -0.365. The van der Waals surface area contributed by atoms with Crippen LogP contribution in [0.4, 0.5) is 0 Å². The molecule has 1 aliphatic heterocycles. The number of hydrogen-bond donors (Lipinski definition) is 3. The van der Waals surface area contributed by atoms with Crippen molar-refractivity contribution in [3.8, 4) is 0 Å². The van der Waals surface area contributed by atoms with Crippen LogP contribution in [-0.2, 0) is 38.1 Å². The van der Waals surface area contributed by atoms with Gasteiger partial charge in [0.2, 0.25) is 0 Å². The van der Waals surface area contributed by atoms with Crippen molar-refractivity contribution < 1.29 is 58.2 Å². The fourth-order valence-electron chi connectivity index (χ4n) is 8.46. The number of benzene rings is 1. The summed E-state index contributed by atoms with van der Waals surface area (Å²) in [6.45, 7) is 9.94. The number of ether oxygens (including phenoxy) is 5. The lowest BCUT2D eigenvalue weighted by Crippen LogP contribution is -2.82. The van der Waals surface area contributed by atoms with Gasteiger partial charge in [0, 0.05) is 44.4 Å². The smallest absolute Gasteiger partial charge is 0.338 e. The van der Waals surface area contributed by atoms with E-state index >= 15 is 0 Å². The molecular weight excluding hydrogens is 588 g/mol. The van der Waals surface area contributed by atoms with E-state index in [1.807, 2.05) is 0 Å². The van der Waals surface area contributed by atoms with Crippen molar-refractivity contribution in [1.82, 2.24) is 0 Å². The highest BCUT2D eigenvalue weighted by atomic mass is 16.6. The summed E-state index contributed by atoms with van der Waals surface area (Å²) in [4.78, 5) is 51.5. The van der Waals surface area contributed by atoms with Gasteiger partial charge in [-0.3, -0.25) is 14.4 Å². The number of carbonyl (C=O) groups is 4. The van der Waals surface area contributed by atoms with Crippen molar-refractivity contribution in [2.45, 2.75) is 109 Å². The molecule has 0 unspecified atom stereocenters. The van der Waals surface area contributed by atoms with Crippen LogP contribution in [0.2, 0.25) is 0 Å². The summed E-state index contributed by atoms with van der Waals surface area (Å²) in [6, 6.07) is 8.09. The van der Waals surface area contributed by atoms with E-state index < -0.39 is 88.5 Å². The maximum Gasteiger partial charge on any atom is 0.338 e. The highest BCUT2D eigenvalue weighted by Crippen LogP contribution is 2.65. The van der Waals surface area contributed by atoms with E-state index in [1.165, 1.54) is 32.9 Å². The van der Waals surface area contributed by atoms with Crippen molar-refractivity contribution in [3.63, 3.8) is 0 Å². The van der Waals surface area contributed by atoms with Crippen molar-refractivity contribution in [2.75, 3.05) is 6.61 Å². The summed E-state index contributed by atoms with van der Waals surface area (Å²) in [7, 11) is 0. The fourth-order valence-corrected chi connectivity index (χ4v) is 8.46. The first kappa shape index (κ1) is 33.1. The molecule has 1 heterocycles. The summed E-state index contributed by atoms with van der Waals surface area (Å²) in [5.41, 5.74) is -5.96. The zero-order chi connectivity index (χ0) is 33.3. The van der Waals surface area contributed by atoms with Gasteiger partial charge in [0.05, 0.1) is 24.2 Å². The van der Waals surface area contributed by atoms with E-state index in [9.17, 15) is 34.5 Å². The van der Waals surface area contributed by atoms with Crippen molar-refractivity contribution in [2.24, 2.45) is 16.7 Å². The minimum atomic E-state index is -2.11. The lowest BCUT2D eigenvalue weighted by Gasteiger charge is -2.69. The predicted molar refractivity (Wildman–Crippen MR) is 155 cm³/mol. The summed E-state index contributed by atoms with van der Waals surface area (Å²) >= 11 is 0. The standard InChI is InChI=1S/C33H42O12/c1-16-21(42-17(2)34)14-33(40)28(44-29(39)20-11-9-8-10-12-20)26-31(7,22(37)13-23-32(26,15-41-23)45-19(4)36)27(38)25(43-18(3)35)24(16)30(33,5)6/h8-12,21-23,25-28,37-38,40H,13-15H2,1-7H3/t21-,22-,23+,25+,26-,27-,28+,31+,32-,33+/m0/s1. The summed E-state index contributed by atoms with van der Waals surface area (Å²) in [5, 5.41) is 37.4. The molecule has 0 radical (unpaired) electrons. The zero-order valence-corrected chi connectivity index (χ0v) is 26.6. The lowest BCUT2D eigenvalue weighted by atomic mass is 9.44. The average Bonchev–Trinajstić information content (AvgIpc) is 2.94. The van der Waals surface area contributed by atoms with E-state index in [0.717, 1.165) is 0 Å². The number of rotatable bonds is 5. The van der Waals surface area contributed by atoms with Crippen molar-refractivity contribution in [3.05, 3.63) is 47.0 Å². The van der Waals surface area contributed by atoms with Gasteiger partial charge in [0.15, 0.2) is 11.7 Å². The van der Waals surface area contributed by atoms with Crippen LogP contribution in [0.15, 0.2) is 41.5 Å². The topological polar surface area (TPSA) is 175 Å². The largest absolute Gasteiger partial charge is 0.458 e. The van der Waals surface area contributed by atoms with Crippen molar-refractivity contribution in [1.29, 1.82) is 0 Å². The number of aliphatic hydroxyl groups is 3. The number of carbonyl (C=O) groups excluding carboxylic acids is 4. The zero-order valence-electron chi connectivity index (χ0n) is 26.6. The first-order valence-corrected chi connectivity index (χ1v) is 15.1. The highest BCUT2D eigenvalue weighted by Gasteiger charge is 2.78. The van der Waals surface area contributed by atoms with E-state index in [0.29, 0.717) is 5.57 Å². The second-order valence-electron chi connectivity index (χ2n) is 13.6. The van der Waals surface area contributed by atoms with Gasteiger partial charge in [-0.1, -0.05) is 39.0 Å². The number of esters is 4. The molecule has 0 amide bonds. The van der Waals surface area contributed by atoms with Gasteiger partial charge in [0.25, 0.3) is 0 Å². The molecule has 3 aliphatic carbocycles. The molecule has 12 nitrogen and oxygen atoms in total. The predicted octanol–water partition coefficient (Wildman–Crippen LogP) is 2.02. The summed E-state index contributed by atoms with van der Waals surface area (Å²) in [6.07, 6.45) is -8.36. The third-order valence-electron chi connectivity index (χ3n) is 10.7. The number of fused-ring (bicyclic) bond motifs is 5. The Kier molecular flexibility index (Phi) is 8.21. The fraction of sp³-hybridized carbons (Fsp3) is 0.636. The molecule has 4 aliphatic rings. The molecular formula is C33H42O12. The Bertz CT molecular complexity index is 1420. The molecule has 12 heteroatoms. The van der Waals surface area contributed by atoms with Crippen LogP contribution in [-0.4, -0.2) is 93.6 Å². The summed E-state index contributed by atoms with van der Waals surface area (Å²) in [5.74, 6) is -4.20. The number of hydrogen-bond acceptors (Lipinski definition) is 12. The Balaban J connectivity index is 1.86. The van der Waals surface area contributed by atoms with E-state index in [4.69, 9.17) is 23.7 Å². The molecule has 3 N–H and O–H groups in total. The highest BCUT2D eigenvalue weighted by molar-refractivity contribution is 5.89.